The fourth-order valence-electron chi connectivity index (χ4n) is 1.25. The summed E-state index contributed by atoms with van der Waals surface area (Å²) in [7, 11) is 1.90. The molecule has 12 heavy (non-hydrogen) atoms. The van der Waals surface area contributed by atoms with Gasteiger partial charge < -0.3 is 10.4 Å². The van der Waals surface area contributed by atoms with Gasteiger partial charge in [-0.15, -0.1) is 0 Å². The fourth-order valence-corrected chi connectivity index (χ4v) is 1.25. The maximum atomic E-state index is 8.76. The quantitative estimate of drug-likeness (QED) is 0.712. The van der Waals surface area contributed by atoms with Crippen LogP contribution in [0.2, 0.25) is 0 Å². The molecule has 1 aromatic rings. The number of rotatable bonds is 3. The minimum atomic E-state index is 0.222. The molecule has 0 saturated carbocycles. The lowest BCUT2D eigenvalue weighted by Crippen LogP contribution is -1.95. The highest BCUT2D eigenvalue weighted by atomic mass is 16.2. The molecular weight excluding hydrogens is 150 g/mol. The molecule has 1 rings (SSSR count). The standard InChI is InChI=1S/C10H15NO/c1-8-7-10(11-2)4-3-9(8)5-6-12/h3-4,7,11-12H,5-6H2,1-2H3. The molecule has 66 valence electrons. The Hall–Kier alpha value is -1.02. The summed E-state index contributed by atoms with van der Waals surface area (Å²) in [5, 5.41) is 11.8. The molecule has 2 N–H and O–H groups in total. The predicted molar refractivity (Wildman–Crippen MR) is 51.5 cm³/mol. The minimum absolute atomic E-state index is 0.222. The van der Waals surface area contributed by atoms with Crippen LogP contribution in [0.25, 0.3) is 0 Å². The first-order valence-electron chi connectivity index (χ1n) is 4.16. The second kappa shape index (κ2) is 4.12. The van der Waals surface area contributed by atoms with Gasteiger partial charge in [0.25, 0.3) is 0 Å². The van der Waals surface area contributed by atoms with Crippen molar-refractivity contribution in [3.05, 3.63) is 29.3 Å². The lowest BCUT2D eigenvalue weighted by atomic mass is 10.1. The third-order valence-corrected chi connectivity index (χ3v) is 2.01. The minimum Gasteiger partial charge on any atom is -0.396 e. The first kappa shape index (κ1) is 9.07. The van der Waals surface area contributed by atoms with E-state index in [2.05, 4.69) is 24.4 Å². The van der Waals surface area contributed by atoms with Crippen LogP contribution in [-0.2, 0) is 6.42 Å². The maximum absolute atomic E-state index is 8.76. The van der Waals surface area contributed by atoms with E-state index in [0.29, 0.717) is 0 Å². The summed E-state index contributed by atoms with van der Waals surface area (Å²) in [5.41, 5.74) is 3.57. The van der Waals surface area contributed by atoms with Gasteiger partial charge in [-0.2, -0.15) is 0 Å². The zero-order valence-electron chi connectivity index (χ0n) is 7.59. The number of hydrogen-bond donors (Lipinski definition) is 2. The zero-order chi connectivity index (χ0) is 8.97. The number of anilines is 1. The SMILES string of the molecule is CNc1ccc(CCO)c(C)c1. The Morgan fingerprint density at radius 3 is 2.67 bits per heavy atom. The first-order valence-corrected chi connectivity index (χ1v) is 4.16. The summed E-state index contributed by atoms with van der Waals surface area (Å²) in [4.78, 5) is 0. The van der Waals surface area contributed by atoms with Crippen molar-refractivity contribution < 1.29 is 5.11 Å². The van der Waals surface area contributed by atoms with Crippen molar-refractivity contribution in [2.75, 3.05) is 19.0 Å². The van der Waals surface area contributed by atoms with Crippen LogP contribution in [0.4, 0.5) is 5.69 Å². The van der Waals surface area contributed by atoms with Crippen molar-refractivity contribution in [2.45, 2.75) is 13.3 Å². The highest BCUT2D eigenvalue weighted by molar-refractivity contribution is 5.47. The van der Waals surface area contributed by atoms with E-state index in [1.165, 1.54) is 11.1 Å². The molecule has 0 bridgehead atoms. The Kier molecular flexibility index (Phi) is 3.11. The molecule has 0 aliphatic rings. The van der Waals surface area contributed by atoms with E-state index in [0.717, 1.165) is 12.1 Å². The number of benzene rings is 1. The van der Waals surface area contributed by atoms with Crippen molar-refractivity contribution >= 4 is 5.69 Å². The van der Waals surface area contributed by atoms with Crippen LogP contribution in [0.1, 0.15) is 11.1 Å². The van der Waals surface area contributed by atoms with Gasteiger partial charge >= 0.3 is 0 Å². The van der Waals surface area contributed by atoms with Crippen LogP contribution in [0.3, 0.4) is 0 Å². The van der Waals surface area contributed by atoms with E-state index in [1.807, 2.05) is 13.1 Å². The molecule has 2 nitrogen and oxygen atoms in total. The first-order chi connectivity index (χ1) is 5.77. The normalized spacial score (nSPS) is 9.92. The van der Waals surface area contributed by atoms with Gasteiger partial charge in [0, 0.05) is 19.3 Å². The summed E-state index contributed by atoms with van der Waals surface area (Å²) >= 11 is 0. The molecule has 0 aromatic heterocycles. The van der Waals surface area contributed by atoms with Gasteiger partial charge in [0.05, 0.1) is 0 Å². The van der Waals surface area contributed by atoms with Gasteiger partial charge in [0.1, 0.15) is 0 Å². The Labute approximate surface area is 73.2 Å². The Bertz CT molecular complexity index is 258. The van der Waals surface area contributed by atoms with E-state index >= 15 is 0 Å². The van der Waals surface area contributed by atoms with Crippen LogP contribution in [0, 0.1) is 6.92 Å². The summed E-state index contributed by atoms with van der Waals surface area (Å²) < 4.78 is 0. The number of aryl methyl sites for hydroxylation is 1. The van der Waals surface area contributed by atoms with E-state index < -0.39 is 0 Å². The van der Waals surface area contributed by atoms with Crippen LogP contribution in [0.5, 0.6) is 0 Å². The second-order valence-corrected chi connectivity index (χ2v) is 2.86. The van der Waals surface area contributed by atoms with Crippen LogP contribution in [0.15, 0.2) is 18.2 Å². The average molecular weight is 165 g/mol. The Morgan fingerprint density at radius 1 is 1.42 bits per heavy atom. The van der Waals surface area contributed by atoms with Gasteiger partial charge in [-0.25, -0.2) is 0 Å². The van der Waals surface area contributed by atoms with E-state index in [4.69, 9.17) is 5.11 Å². The van der Waals surface area contributed by atoms with Gasteiger partial charge in [-0.05, 0) is 36.6 Å². The van der Waals surface area contributed by atoms with E-state index in [-0.39, 0.29) is 6.61 Å². The van der Waals surface area contributed by atoms with Crippen molar-refractivity contribution in [2.24, 2.45) is 0 Å². The van der Waals surface area contributed by atoms with Crippen molar-refractivity contribution in [3.63, 3.8) is 0 Å². The maximum Gasteiger partial charge on any atom is 0.0471 e. The molecule has 1 aromatic carbocycles. The van der Waals surface area contributed by atoms with Crippen molar-refractivity contribution in [3.8, 4) is 0 Å². The molecule has 2 heteroatoms. The highest BCUT2D eigenvalue weighted by Crippen LogP contribution is 2.14. The van der Waals surface area contributed by atoms with Crippen LogP contribution >= 0.6 is 0 Å². The molecule has 0 heterocycles. The molecule has 0 aliphatic carbocycles. The fraction of sp³-hybridized carbons (Fsp3) is 0.400. The summed E-state index contributed by atoms with van der Waals surface area (Å²) in [6.45, 7) is 2.28. The summed E-state index contributed by atoms with van der Waals surface area (Å²) in [6.07, 6.45) is 0.746. The molecule has 0 aliphatic heterocycles. The van der Waals surface area contributed by atoms with Gasteiger partial charge in [-0.1, -0.05) is 6.07 Å². The van der Waals surface area contributed by atoms with E-state index in [9.17, 15) is 0 Å². The van der Waals surface area contributed by atoms with Crippen molar-refractivity contribution in [1.29, 1.82) is 0 Å². The third kappa shape index (κ3) is 1.98. The monoisotopic (exact) mass is 165 g/mol. The van der Waals surface area contributed by atoms with Crippen LogP contribution in [-0.4, -0.2) is 18.8 Å². The second-order valence-electron chi connectivity index (χ2n) is 2.86. The molecule has 0 amide bonds. The highest BCUT2D eigenvalue weighted by Gasteiger charge is 1.97. The Balaban J connectivity index is 2.87. The molecule has 0 fully saturated rings. The summed E-state index contributed by atoms with van der Waals surface area (Å²) in [5.74, 6) is 0. The van der Waals surface area contributed by atoms with Gasteiger partial charge in [0.15, 0.2) is 0 Å². The number of aliphatic hydroxyl groups excluding tert-OH is 1. The zero-order valence-corrected chi connectivity index (χ0v) is 7.59. The molecule has 0 unspecified atom stereocenters. The van der Waals surface area contributed by atoms with Crippen molar-refractivity contribution in [1.82, 2.24) is 0 Å². The van der Waals surface area contributed by atoms with Gasteiger partial charge in [0.2, 0.25) is 0 Å². The topological polar surface area (TPSA) is 32.3 Å². The third-order valence-electron chi connectivity index (χ3n) is 2.01. The molecule has 0 radical (unpaired) electrons. The van der Waals surface area contributed by atoms with E-state index in [1.54, 1.807) is 0 Å². The predicted octanol–water partition coefficient (Wildman–Crippen LogP) is 1.57. The lowest BCUT2D eigenvalue weighted by Gasteiger charge is -2.06. The molecule has 0 atom stereocenters. The lowest BCUT2D eigenvalue weighted by molar-refractivity contribution is 0.299. The average Bonchev–Trinajstić information content (AvgIpc) is 2.09. The van der Waals surface area contributed by atoms with Crippen LogP contribution < -0.4 is 5.32 Å². The number of hydrogen-bond acceptors (Lipinski definition) is 2. The van der Waals surface area contributed by atoms with Gasteiger partial charge in [-0.3, -0.25) is 0 Å². The number of nitrogens with one attached hydrogen (secondary N) is 1. The number of aliphatic hydroxyl groups is 1. The molecule has 0 saturated heterocycles. The molecular formula is C10H15NO. The Morgan fingerprint density at radius 2 is 2.17 bits per heavy atom. The smallest absolute Gasteiger partial charge is 0.0471 e. The summed E-state index contributed by atoms with van der Waals surface area (Å²) in [6, 6.07) is 6.17. The molecule has 0 spiro atoms. The largest absolute Gasteiger partial charge is 0.396 e.